The zero-order chi connectivity index (χ0) is 12.7. The van der Waals surface area contributed by atoms with Gasteiger partial charge in [0.1, 0.15) is 0 Å². The van der Waals surface area contributed by atoms with Crippen molar-refractivity contribution in [2.24, 2.45) is 0 Å². The molecular formula is C13H13ClN2O2. The number of hydrogen-bond donors (Lipinski definition) is 0. The summed E-state index contributed by atoms with van der Waals surface area (Å²) in [5.74, 6) is 0.0216. The highest BCUT2D eigenvalue weighted by atomic mass is 35.5. The van der Waals surface area contributed by atoms with Crippen LogP contribution in [0.2, 0.25) is 5.02 Å². The molecule has 94 valence electrons. The fourth-order valence-corrected chi connectivity index (χ4v) is 2.28. The molecule has 1 saturated carbocycles. The van der Waals surface area contributed by atoms with Crippen LogP contribution in [0.15, 0.2) is 18.2 Å². The molecule has 0 aliphatic heterocycles. The van der Waals surface area contributed by atoms with Crippen molar-refractivity contribution in [3.8, 4) is 0 Å². The highest BCUT2D eigenvalue weighted by molar-refractivity contribution is 6.31. The quantitative estimate of drug-likeness (QED) is 0.800. The molecule has 0 radical (unpaired) electrons. The van der Waals surface area contributed by atoms with Gasteiger partial charge in [0.2, 0.25) is 5.82 Å². The van der Waals surface area contributed by atoms with Gasteiger partial charge in [-0.15, -0.1) is 0 Å². The van der Waals surface area contributed by atoms with Crippen molar-refractivity contribution in [1.82, 2.24) is 9.55 Å². The van der Waals surface area contributed by atoms with Crippen molar-refractivity contribution >= 4 is 28.6 Å². The van der Waals surface area contributed by atoms with Gasteiger partial charge in [-0.05, 0) is 38.0 Å². The first-order valence-corrected chi connectivity index (χ1v) is 6.43. The van der Waals surface area contributed by atoms with Crippen LogP contribution in [0.4, 0.5) is 0 Å². The van der Waals surface area contributed by atoms with E-state index in [1.165, 1.54) is 0 Å². The van der Waals surface area contributed by atoms with E-state index in [0.29, 0.717) is 23.5 Å². The molecule has 1 aliphatic rings. The second-order valence-corrected chi connectivity index (χ2v) is 4.83. The molecule has 0 atom stereocenters. The third-order valence-electron chi connectivity index (χ3n) is 3.02. The van der Waals surface area contributed by atoms with Gasteiger partial charge < -0.3 is 9.30 Å². The number of rotatable bonds is 3. The number of benzene rings is 1. The largest absolute Gasteiger partial charge is 0.460 e. The summed E-state index contributed by atoms with van der Waals surface area (Å²) >= 11 is 5.95. The van der Waals surface area contributed by atoms with Crippen molar-refractivity contribution < 1.29 is 9.53 Å². The van der Waals surface area contributed by atoms with Crippen molar-refractivity contribution in [1.29, 1.82) is 0 Å². The summed E-state index contributed by atoms with van der Waals surface area (Å²) in [5.41, 5.74) is 1.70. The molecule has 1 fully saturated rings. The fraction of sp³-hybridized carbons (Fsp3) is 0.385. The lowest BCUT2D eigenvalue weighted by atomic mass is 10.3. The molecule has 1 heterocycles. The fourth-order valence-electron chi connectivity index (χ4n) is 2.11. The van der Waals surface area contributed by atoms with Gasteiger partial charge in [0.25, 0.3) is 0 Å². The number of imidazole rings is 1. The summed E-state index contributed by atoms with van der Waals surface area (Å²) in [7, 11) is 0. The summed E-state index contributed by atoms with van der Waals surface area (Å²) in [4.78, 5) is 16.3. The monoisotopic (exact) mass is 264 g/mol. The molecule has 4 nitrogen and oxygen atoms in total. The Bertz CT molecular complexity index is 617. The van der Waals surface area contributed by atoms with E-state index < -0.39 is 0 Å². The molecule has 0 bridgehead atoms. The summed E-state index contributed by atoms with van der Waals surface area (Å²) in [5, 5.41) is 0.623. The van der Waals surface area contributed by atoms with E-state index in [0.717, 1.165) is 23.9 Å². The summed E-state index contributed by atoms with van der Waals surface area (Å²) in [6, 6.07) is 5.87. The maximum atomic E-state index is 11.9. The lowest BCUT2D eigenvalue weighted by molar-refractivity contribution is 0.0507. The second kappa shape index (κ2) is 4.28. The van der Waals surface area contributed by atoms with Crippen LogP contribution in [0.3, 0.4) is 0 Å². The van der Waals surface area contributed by atoms with Gasteiger partial charge in [-0.3, -0.25) is 0 Å². The number of halogens is 1. The number of esters is 1. The minimum absolute atomic E-state index is 0.355. The second-order valence-electron chi connectivity index (χ2n) is 4.39. The van der Waals surface area contributed by atoms with E-state index in [4.69, 9.17) is 16.3 Å². The maximum Gasteiger partial charge on any atom is 0.374 e. The molecule has 18 heavy (non-hydrogen) atoms. The Morgan fingerprint density at radius 1 is 1.56 bits per heavy atom. The first-order valence-electron chi connectivity index (χ1n) is 6.05. The first kappa shape index (κ1) is 11.5. The Hall–Kier alpha value is -1.55. The number of nitrogens with zero attached hydrogens (tertiary/aromatic N) is 2. The number of aromatic nitrogens is 2. The zero-order valence-corrected chi connectivity index (χ0v) is 10.8. The van der Waals surface area contributed by atoms with E-state index >= 15 is 0 Å². The molecule has 1 aromatic carbocycles. The Kier molecular flexibility index (Phi) is 2.74. The number of carbonyl (C=O) groups excluding carboxylic acids is 1. The Balaban J connectivity index is 2.17. The third kappa shape index (κ3) is 1.86. The maximum absolute atomic E-state index is 11.9. The van der Waals surface area contributed by atoms with Gasteiger partial charge in [0.05, 0.1) is 17.6 Å². The van der Waals surface area contributed by atoms with Gasteiger partial charge in [-0.1, -0.05) is 11.6 Å². The minimum atomic E-state index is -0.364. The number of hydrogen-bond acceptors (Lipinski definition) is 3. The molecule has 0 N–H and O–H groups in total. The van der Waals surface area contributed by atoms with Crippen LogP contribution in [-0.4, -0.2) is 22.1 Å². The molecule has 3 rings (SSSR count). The molecule has 2 aromatic rings. The van der Waals surface area contributed by atoms with Gasteiger partial charge in [-0.2, -0.15) is 0 Å². The zero-order valence-electron chi connectivity index (χ0n) is 10.0. The molecule has 1 aromatic heterocycles. The van der Waals surface area contributed by atoms with Crippen LogP contribution in [0.25, 0.3) is 11.0 Å². The minimum Gasteiger partial charge on any atom is -0.460 e. The van der Waals surface area contributed by atoms with Crippen molar-refractivity contribution in [3.63, 3.8) is 0 Å². The van der Waals surface area contributed by atoms with E-state index in [2.05, 4.69) is 4.98 Å². The highest BCUT2D eigenvalue weighted by Crippen LogP contribution is 2.39. The smallest absolute Gasteiger partial charge is 0.374 e. The van der Waals surface area contributed by atoms with E-state index in [-0.39, 0.29) is 5.97 Å². The predicted molar refractivity (Wildman–Crippen MR) is 69.0 cm³/mol. The van der Waals surface area contributed by atoms with Crippen molar-refractivity contribution in [3.05, 3.63) is 29.0 Å². The summed E-state index contributed by atoms with van der Waals surface area (Å²) < 4.78 is 7.03. The summed E-state index contributed by atoms with van der Waals surface area (Å²) in [6.45, 7) is 2.15. The van der Waals surface area contributed by atoms with E-state index in [1.54, 1.807) is 13.0 Å². The van der Waals surface area contributed by atoms with Crippen LogP contribution in [0.1, 0.15) is 36.4 Å². The molecular weight excluding hydrogens is 252 g/mol. The number of ether oxygens (including phenoxy) is 1. The number of fused-ring (bicyclic) bond motifs is 1. The van der Waals surface area contributed by atoms with Crippen molar-refractivity contribution in [2.45, 2.75) is 25.8 Å². The van der Waals surface area contributed by atoms with Crippen LogP contribution < -0.4 is 0 Å². The number of carbonyl (C=O) groups is 1. The van der Waals surface area contributed by atoms with Crippen LogP contribution in [0, 0.1) is 0 Å². The average Bonchev–Trinajstić information content (AvgIpc) is 3.10. The standard InChI is InChI=1S/C13H13ClN2O2/c1-2-18-13(17)12-15-10-7-8(14)3-6-11(10)16(12)9-4-5-9/h3,6-7,9H,2,4-5H2,1H3. The van der Waals surface area contributed by atoms with Crippen LogP contribution >= 0.6 is 11.6 Å². The molecule has 0 saturated heterocycles. The molecule has 0 unspecified atom stereocenters. The first-order chi connectivity index (χ1) is 8.70. The van der Waals surface area contributed by atoms with Gasteiger partial charge >= 0.3 is 5.97 Å². The topological polar surface area (TPSA) is 44.1 Å². The van der Waals surface area contributed by atoms with Crippen LogP contribution in [-0.2, 0) is 4.74 Å². The van der Waals surface area contributed by atoms with Gasteiger partial charge in [-0.25, -0.2) is 9.78 Å². The molecule has 1 aliphatic carbocycles. The lowest BCUT2D eigenvalue weighted by Gasteiger charge is -2.06. The third-order valence-corrected chi connectivity index (χ3v) is 3.26. The Morgan fingerprint density at radius 3 is 3.00 bits per heavy atom. The predicted octanol–water partition coefficient (Wildman–Crippen LogP) is 3.20. The van der Waals surface area contributed by atoms with Crippen LogP contribution in [0.5, 0.6) is 0 Å². The molecule has 0 spiro atoms. The normalized spacial score (nSPS) is 15.0. The summed E-state index contributed by atoms with van der Waals surface area (Å²) in [6.07, 6.45) is 2.17. The lowest BCUT2D eigenvalue weighted by Crippen LogP contribution is -2.12. The Labute approximate surface area is 110 Å². The highest BCUT2D eigenvalue weighted by Gasteiger charge is 2.31. The van der Waals surface area contributed by atoms with E-state index in [9.17, 15) is 4.79 Å². The Morgan fingerprint density at radius 2 is 2.33 bits per heavy atom. The molecule has 0 amide bonds. The molecule has 5 heteroatoms. The van der Waals surface area contributed by atoms with E-state index in [1.807, 2.05) is 16.7 Å². The van der Waals surface area contributed by atoms with Crippen molar-refractivity contribution in [2.75, 3.05) is 6.61 Å². The van der Waals surface area contributed by atoms with Gasteiger partial charge in [0, 0.05) is 11.1 Å². The average molecular weight is 265 g/mol. The SMILES string of the molecule is CCOC(=O)c1nc2cc(Cl)ccc2n1C1CC1. The van der Waals surface area contributed by atoms with Gasteiger partial charge in [0.15, 0.2) is 0 Å².